The number of nitrogen functional groups attached to an aromatic ring is 1. The molecule has 3 nitrogen and oxygen atoms in total. The Labute approximate surface area is 98.8 Å². The third-order valence-corrected chi connectivity index (χ3v) is 2.72. The van der Waals surface area contributed by atoms with Gasteiger partial charge in [-0.2, -0.15) is 0 Å². The second kappa shape index (κ2) is 5.87. The first-order valence-corrected chi connectivity index (χ1v) is 5.67. The van der Waals surface area contributed by atoms with Gasteiger partial charge in [-0.15, -0.1) is 0 Å². The molecule has 16 heavy (non-hydrogen) atoms. The lowest BCUT2D eigenvalue weighted by atomic mass is 10.1. The molecule has 0 atom stereocenters. The maximum atomic E-state index is 5.80. The van der Waals surface area contributed by atoms with Gasteiger partial charge in [0.1, 0.15) is 0 Å². The van der Waals surface area contributed by atoms with Crippen molar-refractivity contribution in [1.82, 2.24) is 9.80 Å². The highest BCUT2D eigenvalue weighted by atomic mass is 15.1. The van der Waals surface area contributed by atoms with Crippen LogP contribution in [0.4, 0.5) is 5.69 Å². The van der Waals surface area contributed by atoms with Crippen molar-refractivity contribution in [2.75, 3.05) is 40.0 Å². The molecule has 90 valence electrons. The third kappa shape index (κ3) is 4.21. The molecule has 0 fully saturated rings. The van der Waals surface area contributed by atoms with Crippen LogP contribution in [0.25, 0.3) is 0 Å². The largest absolute Gasteiger partial charge is 0.399 e. The number of rotatable bonds is 5. The molecule has 0 aliphatic heterocycles. The molecule has 0 aliphatic carbocycles. The number of nitrogens with two attached hydrogens (primary N) is 1. The molecular formula is C13H23N3. The standard InChI is InChI=1S/C13H23N3/c1-11-9-12(5-6-13(11)14)10-16(4)8-7-15(2)3/h5-6,9H,7-8,10,14H2,1-4H3. The Bertz CT molecular complexity index is 334. The number of nitrogens with zero attached hydrogens (tertiary/aromatic N) is 2. The number of hydrogen-bond donors (Lipinski definition) is 1. The minimum atomic E-state index is 0.875. The topological polar surface area (TPSA) is 32.5 Å². The van der Waals surface area contributed by atoms with E-state index in [9.17, 15) is 0 Å². The number of anilines is 1. The highest BCUT2D eigenvalue weighted by Gasteiger charge is 2.02. The van der Waals surface area contributed by atoms with Crippen LogP contribution in [0.15, 0.2) is 18.2 Å². The van der Waals surface area contributed by atoms with Crippen molar-refractivity contribution < 1.29 is 0 Å². The zero-order valence-corrected chi connectivity index (χ0v) is 10.8. The average Bonchev–Trinajstić information content (AvgIpc) is 2.21. The molecule has 0 radical (unpaired) electrons. The molecular weight excluding hydrogens is 198 g/mol. The van der Waals surface area contributed by atoms with Crippen molar-refractivity contribution in [2.45, 2.75) is 13.5 Å². The molecule has 0 saturated heterocycles. The summed E-state index contributed by atoms with van der Waals surface area (Å²) in [6, 6.07) is 6.26. The van der Waals surface area contributed by atoms with Crippen molar-refractivity contribution >= 4 is 5.69 Å². The van der Waals surface area contributed by atoms with E-state index in [1.165, 1.54) is 11.1 Å². The van der Waals surface area contributed by atoms with Gasteiger partial charge in [-0.3, -0.25) is 0 Å². The number of benzene rings is 1. The second-order valence-corrected chi connectivity index (χ2v) is 4.73. The highest BCUT2D eigenvalue weighted by molar-refractivity contribution is 5.47. The Kier molecular flexibility index (Phi) is 4.77. The maximum absolute atomic E-state index is 5.80. The molecule has 0 saturated carbocycles. The SMILES string of the molecule is Cc1cc(CN(C)CCN(C)C)ccc1N. The van der Waals surface area contributed by atoms with Crippen LogP contribution in [0.5, 0.6) is 0 Å². The van der Waals surface area contributed by atoms with E-state index in [1.54, 1.807) is 0 Å². The molecule has 1 rings (SSSR count). The predicted molar refractivity (Wildman–Crippen MR) is 70.5 cm³/mol. The summed E-state index contributed by atoms with van der Waals surface area (Å²) < 4.78 is 0. The Hall–Kier alpha value is -1.06. The lowest BCUT2D eigenvalue weighted by molar-refractivity contribution is 0.276. The van der Waals surface area contributed by atoms with Gasteiger partial charge in [-0.25, -0.2) is 0 Å². The van der Waals surface area contributed by atoms with Crippen molar-refractivity contribution in [3.05, 3.63) is 29.3 Å². The van der Waals surface area contributed by atoms with Crippen molar-refractivity contribution in [1.29, 1.82) is 0 Å². The molecule has 0 aromatic heterocycles. The van der Waals surface area contributed by atoms with Gasteiger partial charge in [0.2, 0.25) is 0 Å². The van der Waals surface area contributed by atoms with E-state index in [0.717, 1.165) is 25.3 Å². The third-order valence-electron chi connectivity index (χ3n) is 2.72. The first-order valence-electron chi connectivity index (χ1n) is 5.67. The Morgan fingerprint density at radius 3 is 2.38 bits per heavy atom. The zero-order valence-electron chi connectivity index (χ0n) is 10.8. The van der Waals surface area contributed by atoms with E-state index < -0.39 is 0 Å². The van der Waals surface area contributed by atoms with Gasteiger partial charge >= 0.3 is 0 Å². The Balaban J connectivity index is 2.49. The van der Waals surface area contributed by atoms with Crippen molar-refractivity contribution in [3.63, 3.8) is 0 Å². The van der Waals surface area contributed by atoms with E-state index in [0.29, 0.717) is 0 Å². The van der Waals surface area contributed by atoms with Crippen LogP contribution in [0.2, 0.25) is 0 Å². The molecule has 0 unspecified atom stereocenters. The van der Waals surface area contributed by atoms with Gasteiger partial charge in [0.05, 0.1) is 0 Å². The Morgan fingerprint density at radius 2 is 1.81 bits per heavy atom. The number of likely N-dealkylation sites (N-methyl/N-ethyl adjacent to an activating group) is 2. The fourth-order valence-corrected chi connectivity index (χ4v) is 1.60. The Morgan fingerprint density at radius 1 is 1.12 bits per heavy atom. The predicted octanol–water partition coefficient (Wildman–Crippen LogP) is 1.57. The zero-order chi connectivity index (χ0) is 12.1. The molecule has 0 heterocycles. The molecule has 0 aliphatic rings. The first-order chi connectivity index (χ1) is 7.49. The van der Waals surface area contributed by atoms with Gasteiger partial charge in [0, 0.05) is 25.3 Å². The highest BCUT2D eigenvalue weighted by Crippen LogP contribution is 2.13. The molecule has 0 bridgehead atoms. The van der Waals surface area contributed by atoms with Gasteiger partial charge in [0.15, 0.2) is 0 Å². The van der Waals surface area contributed by atoms with Gasteiger partial charge in [-0.1, -0.05) is 12.1 Å². The van der Waals surface area contributed by atoms with Gasteiger partial charge < -0.3 is 15.5 Å². The van der Waals surface area contributed by atoms with Gasteiger partial charge in [-0.05, 0) is 45.3 Å². The summed E-state index contributed by atoms with van der Waals surface area (Å²) in [6.07, 6.45) is 0. The van der Waals surface area contributed by atoms with Crippen LogP contribution < -0.4 is 5.73 Å². The summed E-state index contributed by atoms with van der Waals surface area (Å²) in [5.41, 5.74) is 9.16. The summed E-state index contributed by atoms with van der Waals surface area (Å²) in [6.45, 7) is 5.20. The summed E-state index contributed by atoms with van der Waals surface area (Å²) in [7, 11) is 6.34. The fraction of sp³-hybridized carbons (Fsp3) is 0.538. The maximum Gasteiger partial charge on any atom is 0.0343 e. The number of aryl methyl sites for hydroxylation is 1. The smallest absolute Gasteiger partial charge is 0.0343 e. The van der Waals surface area contributed by atoms with Crippen molar-refractivity contribution in [3.8, 4) is 0 Å². The minimum Gasteiger partial charge on any atom is -0.399 e. The quantitative estimate of drug-likeness (QED) is 0.766. The van der Waals surface area contributed by atoms with E-state index in [4.69, 9.17) is 5.73 Å². The van der Waals surface area contributed by atoms with E-state index in [2.05, 4.69) is 50.0 Å². The van der Waals surface area contributed by atoms with Crippen LogP contribution in [-0.4, -0.2) is 44.0 Å². The monoisotopic (exact) mass is 221 g/mol. The number of hydrogen-bond acceptors (Lipinski definition) is 3. The van der Waals surface area contributed by atoms with Crippen LogP contribution >= 0.6 is 0 Å². The van der Waals surface area contributed by atoms with Gasteiger partial charge in [0.25, 0.3) is 0 Å². The summed E-state index contributed by atoms with van der Waals surface area (Å²) in [5, 5.41) is 0. The van der Waals surface area contributed by atoms with E-state index in [1.807, 2.05) is 6.07 Å². The minimum absolute atomic E-state index is 0.875. The normalized spacial score (nSPS) is 11.4. The molecule has 0 amide bonds. The molecule has 3 heteroatoms. The van der Waals surface area contributed by atoms with Crippen LogP contribution in [0.1, 0.15) is 11.1 Å². The summed E-state index contributed by atoms with van der Waals surface area (Å²) in [5.74, 6) is 0. The first kappa shape index (κ1) is 13.0. The summed E-state index contributed by atoms with van der Waals surface area (Å²) in [4.78, 5) is 4.52. The molecule has 0 spiro atoms. The lowest BCUT2D eigenvalue weighted by Crippen LogP contribution is -2.28. The molecule has 1 aromatic rings. The average molecular weight is 221 g/mol. The molecule has 2 N–H and O–H groups in total. The second-order valence-electron chi connectivity index (χ2n) is 4.73. The summed E-state index contributed by atoms with van der Waals surface area (Å²) >= 11 is 0. The van der Waals surface area contributed by atoms with Crippen LogP contribution in [0, 0.1) is 6.92 Å². The van der Waals surface area contributed by atoms with Crippen LogP contribution in [-0.2, 0) is 6.54 Å². The fourth-order valence-electron chi connectivity index (χ4n) is 1.60. The van der Waals surface area contributed by atoms with Crippen molar-refractivity contribution in [2.24, 2.45) is 0 Å². The van der Waals surface area contributed by atoms with E-state index in [-0.39, 0.29) is 0 Å². The lowest BCUT2D eigenvalue weighted by Gasteiger charge is -2.19. The van der Waals surface area contributed by atoms with Crippen LogP contribution in [0.3, 0.4) is 0 Å². The van der Waals surface area contributed by atoms with E-state index >= 15 is 0 Å². The molecule has 1 aromatic carbocycles.